The van der Waals surface area contributed by atoms with Crippen LogP contribution in [0.4, 0.5) is 0 Å². The van der Waals surface area contributed by atoms with Gasteiger partial charge in [-0.05, 0) is 66.0 Å². The zero-order chi connectivity index (χ0) is 18.4. The van der Waals surface area contributed by atoms with Gasteiger partial charge in [0.15, 0.2) is 0 Å². The molecule has 3 rings (SSSR count). The summed E-state index contributed by atoms with van der Waals surface area (Å²) >= 11 is 0. The topological polar surface area (TPSA) is 58.9 Å². The van der Waals surface area contributed by atoms with E-state index < -0.39 is 7.34 Å². The number of ether oxygens (including phenoxy) is 2. The zero-order valence-electron chi connectivity index (χ0n) is 15.3. The molecule has 1 aliphatic heterocycles. The minimum Gasteiger partial charge on any atom is -0.496 e. The Morgan fingerprint density at radius 3 is 2.48 bits per heavy atom. The Labute approximate surface area is 149 Å². The van der Waals surface area contributed by atoms with Crippen molar-refractivity contribution in [2.24, 2.45) is 0 Å². The lowest BCUT2D eigenvalue weighted by Gasteiger charge is -2.17. The van der Waals surface area contributed by atoms with Crippen molar-refractivity contribution in [1.29, 1.82) is 0 Å². The number of benzene rings is 2. The van der Waals surface area contributed by atoms with Crippen molar-refractivity contribution in [3.63, 3.8) is 0 Å². The molecule has 134 valence electrons. The lowest BCUT2D eigenvalue weighted by atomic mass is 9.99. The van der Waals surface area contributed by atoms with Gasteiger partial charge in [-0.1, -0.05) is 19.9 Å². The smallest absolute Gasteiger partial charge is 0.133 e. The number of rotatable bonds is 4. The minimum atomic E-state index is -2.95. The molecule has 0 bridgehead atoms. The molecule has 0 aliphatic carbocycles. The first-order chi connectivity index (χ1) is 11.7. The summed E-state index contributed by atoms with van der Waals surface area (Å²) < 4.78 is 11.6. The summed E-state index contributed by atoms with van der Waals surface area (Å²) in [7, 11) is -1.28. The van der Waals surface area contributed by atoms with E-state index in [1.54, 1.807) is 12.9 Å². The highest BCUT2D eigenvalue weighted by atomic mass is 31.2. The predicted molar refractivity (Wildman–Crippen MR) is 103 cm³/mol. The van der Waals surface area contributed by atoms with E-state index in [4.69, 9.17) is 9.47 Å². The van der Waals surface area contributed by atoms with E-state index in [1.165, 1.54) is 0 Å². The molecule has 2 N–H and O–H groups in total. The number of aryl methyl sites for hydroxylation is 1. The monoisotopic (exact) mass is 360 g/mol. The molecule has 0 amide bonds. The standard InChI is InChI=1S/C20H25O4P/c1-12(2)17-9-16(6-7-19(17)23-5)24-20-13(3)8-15-10-25(21,22)11-18(15)14(20)4/h6-9,11-12,21-22H,10H2,1-5H3. The molecule has 1 aliphatic rings. The van der Waals surface area contributed by atoms with E-state index in [0.717, 1.165) is 45.1 Å². The van der Waals surface area contributed by atoms with Crippen LogP contribution in [0, 0.1) is 13.8 Å². The average Bonchev–Trinajstić information content (AvgIpc) is 2.85. The third kappa shape index (κ3) is 3.48. The van der Waals surface area contributed by atoms with Gasteiger partial charge in [0.1, 0.15) is 24.6 Å². The van der Waals surface area contributed by atoms with Crippen LogP contribution in [0.5, 0.6) is 17.2 Å². The van der Waals surface area contributed by atoms with Crippen LogP contribution in [0.15, 0.2) is 24.3 Å². The van der Waals surface area contributed by atoms with Crippen molar-refractivity contribution in [1.82, 2.24) is 0 Å². The van der Waals surface area contributed by atoms with Crippen LogP contribution in [-0.4, -0.2) is 22.7 Å². The molecule has 0 fully saturated rings. The summed E-state index contributed by atoms with van der Waals surface area (Å²) in [5, 5.41) is 0. The van der Waals surface area contributed by atoms with Gasteiger partial charge in [0.05, 0.1) is 7.11 Å². The molecule has 0 saturated carbocycles. The van der Waals surface area contributed by atoms with Crippen LogP contribution in [0.3, 0.4) is 0 Å². The molecule has 0 saturated heterocycles. The summed E-state index contributed by atoms with van der Waals surface area (Å²) in [5.41, 5.74) is 4.92. The van der Waals surface area contributed by atoms with Gasteiger partial charge >= 0.3 is 0 Å². The molecule has 0 unspecified atom stereocenters. The molecule has 0 atom stereocenters. The second kappa shape index (κ2) is 6.53. The first-order valence-corrected chi connectivity index (χ1v) is 10.3. The van der Waals surface area contributed by atoms with Crippen molar-refractivity contribution in [3.8, 4) is 17.2 Å². The maximum atomic E-state index is 10.0. The Bertz CT molecular complexity index is 878. The Morgan fingerprint density at radius 1 is 1.12 bits per heavy atom. The third-order valence-electron chi connectivity index (χ3n) is 4.62. The summed E-state index contributed by atoms with van der Waals surface area (Å²) in [6, 6.07) is 7.83. The van der Waals surface area contributed by atoms with Gasteiger partial charge in [-0.25, -0.2) is 0 Å². The van der Waals surface area contributed by atoms with E-state index in [9.17, 15) is 9.79 Å². The second-order valence-electron chi connectivity index (χ2n) is 6.95. The summed E-state index contributed by atoms with van der Waals surface area (Å²) in [6.45, 7) is 8.20. The number of methoxy groups -OCH3 is 1. The van der Waals surface area contributed by atoms with Gasteiger partial charge < -0.3 is 19.3 Å². The molecule has 0 aromatic heterocycles. The summed E-state index contributed by atoms with van der Waals surface area (Å²) in [4.78, 5) is 20.0. The number of hydrogen-bond donors (Lipinski definition) is 2. The van der Waals surface area contributed by atoms with E-state index >= 15 is 0 Å². The Hall–Kier alpha value is -1.74. The van der Waals surface area contributed by atoms with Gasteiger partial charge in [-0.3, -0.25) is 0 Å². The zero-order valence-corrected chi connectivity index (χ0v) is 16.2. The first kappa shape index (κ1) is 18.1. The highest BCUT2D eigenvalue weighted by Crippen LogP contribution is 2.50. The van der Waals surface area contributed by atoms with Gasteiger partial charge in [-0.15, -0.1) is 0 Å². The van der Waals surface area contributed by atoms with E-state index in [-0.39, 0.29) is 0 Å². The van der Waals surface area contributed by atoms with E-state index in [2.05, 4.69) is 13.8 Å². The van der Waals surface area contributed by atoms with E-state index in [1.807, 2.05) is 38.1 Å². The number of fused-ring (bicyclic) bond motifs is 1. The van der Waals surface area contributed by atoms with Crippen molar-refractivity contribution in [2.45, 2.75) is 39.8 Å². The lowest BCUT2D eigenvalue weighted by molar-refractivity contribution is 0.405. The third-order valence-corrected chi connectivity index (χ3v) is 6.10. The maximum Gasteiger partial charge on any atom is 0.133 e. The quantitative estimate of drug-likeness (QED) is 0.775. The molecule has 0 radical (unpaired) electrons. The molecule has 25 heavy (non-hydrogen) atoms. The molecule has 4 nitrogen and oxygen atoms in total. The molecule has 2 aromatic rings. The molecule has 1 heterocycles. The first-order valence-electron chi connectivity index (χ1n) is 8.40. The van der Waals surface area contributed by atoms with Crippen molar-refractivity contribution in [3.05, 3.63) is 52.1 Å². The van der Waals surface area contributed by atoms with Crippen molar-refractivity contribution >= 4 is 13.1 Å². The Kier molecular flexibility index (Phi) is 4.72. The number of hydrogen-bond acceptors (Lipinski definition) is 4. The molecule has 2 aromatic carbocycles. The van der Waals surface area contributed by atoms with Gasteiger partial charge in [-0.2, -0.15) is 0 Å². The largest absolute Gasteiger partial charge is 0.496 e. The molecular formula is C20H25O4P. The van der Waals surface area contributed by atoms with Crippen LogP contribution >= 0.6 is 7.34 Å². The Morgan fingerprint density at radius 2 is 1.84 bits per heavy atom. The Balaban J connectivity index is 2.02. The summed E-state index contributed by atoms with van der Waals surface area (Å²) in [5.74, 6) is 4.31. The lowest BCUT2D eigenvalue weighted by Crippen LogP contribution is -1.99. The van der Waals surface area contributed by atoms with Crippen LogP contribution < -0.4 is 9.47 Å². The molecule has 5 heteroatoms. The fourth-order valence-electron chi connectivity index (χ4n) is 3.38. The van der Waals surface area contributed by atoms with Crippen LogP contribution in [0.1, 0.15) is 47.6 Å². The molecule has 0 spiro atoms. The highest BCUT2D eigenvalue weighted by molar-refractivity contribution is 7.64. The maximum absolute atomic E-state index is 10.0. The van der Waals surface area contributed by atoms with Gasteiger partial charge in [0, 0.05) is 11.7 Å². The fourth-order valence-corrected chi connectivity index (χ4v) is 5.01. The van der Waals surface area contributed by atoms with Gasteiger partial charge in [0.25, 0.3) is 0 Å². The van der Waals surface area contributed by atoms with Gasteiger partial charge in [0.2, 0.25) is 0 Å². The van der Waals surface area contributed by atoms with Crippen LogP contribution in [-0.2, 0) is 6.16 Å². The fraction of sp³-hybridized carbons (Fsp3) is 0.350. The second-order valence-corrected chi connectivity index (χ2v) is 9.10. The van der Waals surface area contributed by atoms with Crippen molar-refractivity contribution in [2.75, 3.05) is 7.11 Å². The van der Waals surface area contributed by atoms with Crippen LogP contribution in [0.25, 0.3) is 0 Å². The van der Waals surface area contributed by atoms with E-state index in [0.29, 0.717) is 12.1 Å². The van der Waals surface area contributed by atoms with Crippen LogP contribution in [0.2, 0.25) is 0 Å². The minimum absolute atomic E-state index is 0.322. The highest BCUT2D eigenvalue weighted by Gasteiger charge is 2.25. The normalized spacial score (nSPS) is 15.0. The summed E-state index contributed by atoms with van der Waals surface area (Å²) in [6.07, 6.45) is 0.324. The SMILES string of the molecule is COc1ccc(Oc2c(C)cc3c(c2C)C=P(O)(O)C3)cc1C(C)C. The average molecular weight is 360 g/mol. The van der Waals surface area contributed by atoms with Crippen molar-refractivity contribution < 1.29 is 19.3 Å². The predicted octanol–water partition coefficient (Wildman–Crippen LogP) is 4.72. The molecular weight excluding hydrogens is 335 g/mol.